The Kier molecular flexibility index (Phi) is 3.09. The summed E-state index contributed by atoms with van der Waals surface area (Å²) in [6.07, 6.45) is 5.33. The Morgan fingerprint density at radius 2 is 2.21 bits per heavy atom. The fourth-order valence-electron chi connectivity index (χ4n) is 2.75. The molecule has 0 unspecified atom stereocenters. The lowest BCUT2D eigenvalue weighted by molar-refractivity contribution is -0.115. The van der Waals surface area contributed by atoms with E-state index in [9.17, 15) is 4.79 Å². The number of amides is 1. The number of nitrogens with one attached hydrogen (secondary N) is 1. The van der Waals surface area contributed by atoms with E-state index in [1.165, 1.54) is 25.7 Å². The maximum Gasteiger partial charge on any atom is 0.228 e. The Balaban J connectivity index is 1.90. The average molecular weight is 259 g/mol. The minimum atomic E-state index is 0.0677. The first-order valence-electron chi connectivity index (χ1n) is 7.18. The van der Waals surface area contributed by atoms with Crippen LogP contribution < -0.4 is 16.0 Å². The van der Waals surface area contributed by atoms with Gasteiger partial charge >= 0.3 is 0 Å². The lowest BCUT2D eigenvalue weighted by atomic mass is 10.1. The van der Waals surface area contributed by atoms with Gasteiger partial charge in [-0.3, -0.25) is 4.79 Å². The summed E-state index contributed by atoms with van der Waals surface area (Å²) in [7, 11) is 0. The third-order valence-electron chi connectivity index (χ3n) is 3.93. The minimum absolute atomic E-state index is 0.0677. The van der Waals surface area contributed by atoms with E-state index in [2.05, 4.69) is 23.2 Å². The van der Waals surface area contributed by atoms with Crippen molar-refractivity contribution in [3.8, 4) is 0 Å². The lowest BCUT2D eigenvalue weighted by Gasteiger charge is -2.26. The summed E-state index contributed by atoms with van der Waals surface area (Å²) in [5.74, 6) is 0.0677. The molecule has 2 aliphatic rings. The zero-order valence-electron chi connectivity index (χ0n) is 11.4. The van der Waals surface area contributed by atoms with E-state index in [4.69, 9.17) is 5.73 Å². The second-order valence-electron chi connectivity index (χ2n) is 5.57. The van der Waals surface area contributed by atoms with Gasteiger partial charge in [-0.05, 0) is 37.0 Å². The number of rotatable bonds is 5. The fraction of sp³-hybridized carbons (Fsp3) is 0.533. The highest BCUT2D eigenvalue weighted by Gasteiger charge is 2.31. The summed E-state index contributed by atoms with van der Waals surface area (Å²) in [5, 5.41) is 2.91. The average Bonchev–Trinajstić information content (AvgIpc) is 3.13. The Bertz CT molecular complexity index is 508. The Morgan fingerprint density at radius 3 is 2.89 bits per heavy atom. The van der Waals surface area contributed by atoms with Crippen LogP contribution in [0, 0.1) is 0 Å². The van der Waals surface area contributed by atoms with Crippen LogP contribution in [0.4, 0.5) is 17.1 Å². The van der Waals surface area contributed by atoms with Gasteiger partial charge in [0.05, 0.1) is 17.8 Å². The summed E-state index contributed by atoms with van der Waals surface area (Å²) in [5.41, 5.74) is 10.1. The van der Waals surface area contributed by atoms with Gasteiger partial charge in [-0.1, -0.05) is 13.3 Å². The molecule has 3 N–H and O–H groups in total. The van der Waals surface area contributed by atoms with Gasteiger partial charge in [0.15, 0.2) is 0 Å². The molecule has 1 amide bonds. The first kappa shape index (κ1) is 12.3. The van der Waals surface area contributed by atoms with Crippen molar-refractivity contribution in [1.29, 1.82) is 0 Å². The molecule has 0 saturated heterocycles. The molecule has 4 heteroatoms. The first-order chi connectivity index (χ1) is 9.19. The molecule has 1 aliphatic heterocycles. The molecule has 0 spiro atoms. The van der Waals surface area contributed by atoms with E-state index in [0.717, 1.165) is 29.2 Å². The molecule has 19 heavy (non-hydrogen) atoms. The van der Waals surface area contributed by atoms with Gasteiger partial charge in [0.2, 0.25) is 5.91 Å². The van der Waals surface area contributed by atoms with E-state index < -0.39 is 0 Å². The van der Waals surface area contributed by atoms with Gasteiger partial charge in [-0.15, -0.1) is 0 Å². The lowest BCUT2D eigenvalue weighted by Crippen LogP contribution is -2.27. The van der Waals surface area contributed by atoms with Crippen LogP contribution in [0.2, 0.25) is 0 Å². The molecule has 4 nitrogen and oxygen atoms in total. The van der Waals surface area contributed by atoms with Crippen molar-refractivity contribution < 1.29 is 4.79 Å². The highest BCUT2D eigenvalue weighted by atomic mass is 16.1. The molecule has 1 saturated carbocycles. The Morgan fingerprint density at radius 1 is 1.42 bits per heavy atom. The van der Waals surface area contributed by atoms with Crippen molar-refractivity contribution in [1.82, 2.24) is 0 Å². The second-order valence-corrected chi connectivity index (χ2v) is 5.57. The van der Waals surface area contributed by atoms with Gasteiger partial charge in [0.25, 0.3) is 0 Å². The van der Waals surface area contributed by atoms with Gasteiger partial charge in [0, 0.05) is 18.3 Å². The topological polar surface area (TPSA) is 58.4 Å². The van der Waals surface area contributed by atoms with Crippen LogP contribution in [0.1, 0.15) is 38.2 Å². The molecule has 1 aromatic rings. The number of carbonyl (C=O) groups is 1. The number of nitrogen functional groups attached to an aromatic ring is 1. The van der Waals surface area contributed by atoms with E-state index in [1.54, 1.807) is 0 Å². The van der Waals surface area contributed by atoms with Crippen LogP contribution in [0.15, 0.2) is 12.1 Å². The highest BCUT2D eigenvalue weighted by Crippen LogP contribution is 2.39. The number of hydrogen-bond acceptors (Lipinski definition) is 3. The number of unbranched alkanes of at least 4 members (excludes halogenated alkanes) is 1. The van der Waals surface area contributed by atoms with Crippen molar-refractivity contribution >= 4 is 23.0 Å². The maximum atomic E-state index is 11.4. The molecule has 1 fully saturated rings. The van der Waals surface area contributed by atoms with Crippen LogP contribution >= 0.6 is 0 Å². The summed E-state index contributed by atoms with van der Waals surface area (Å²) in [6, 6.07) is 4.66. The molecule has 0 atom stereocenters. The Labute approximate surface area is 114 Å². The van der Waals surface area contributed by atoms with Gasteiger partial charge in [0.1, 0.15) is 0 Å². The zero-order chi connectivity index (χ0) is 13.4. The SMILES string of the molecule is CCCCN(c1cc2c(cc1N)CC(=O)N2)C1CC1. The van der Waals surface area contributed by atoms with E-state index in [1.807, 2.05) is 6.07 Å². The number of hydrogen-bond donors (Lipinski definition) is 2. The number of nitrogens with zero attached hydrogens (tertiary/aromatic N) is 1. The number of nitrogens with two attached hydrogens (primary N) is 1. The van der Waals surface area contributed by atoms with Crippen LogP contribution in [0.3, 0.4) is 0 Å². The smallest absolute Gasteiger partial charge is 0.228 e. The van der Waals surface area contributed by atoms with E-state index in [0.29, 0.717) is 12.5 Å². The van der Waals surface area contributed by atoms with Crippen molar-refractivity contribution in [3.05, 3.63) is 17.7 Å². The summed E-state index contributed by atoms with van der Waals surface area (Å²) < 4.78 is 0. The molecule has 1 aliphatic carbocycles. The van der Waals surface area contributed by atoms with Gasteiger partial charge in [-0.25, -0.2) is 0 Å². The van der Waals surface area contributed by atoms with Crippen LogP contribution in [-0.2, 0) is 11.2 Å². The van der Waals surface area contributed by atoms with Crippen molar-refractivity contribution in [2.24, 2.45) is 0 Å². The highest BCUT2D eigenvalue weighted by molar-refractivity contribution is 6.01. The summed E-state index contributed by atoms with van der Waals surface area (Å²) in [6.45, 7) is 3.26. The molecule has 1 aromatic carbocycles. The van der Waals surface area contributed by atoms with Crippen molar-refractivity contribution in [2.45, 2.75) is 45.1 Å². The second kappa shape index (κ2) is 4.76. The standard InChI is InChI=1S/C15H21N3O/c1-2-3-6-18(11-4-5-11)14-9-13-10(7-12(14)16)8-15(19)17-13/h7,9,11H,2-6,8,16H2,1H3,(H,17,19). The quantitative estimate of drug-likeness (QED) is 0.799. The summed E-state index contributed by atoms with van der Waals surface area (Å²) in [4.78, 5) is 13.9. The molecule has 0 radical (unpaired) electrons. The fourth-order valence-corrected chi connectivity index (χ4v) is 2.75. The molecule has 102 valence electrons. The summed E-state index contributed by atoms with van der Waals surface area (Å²) >= 11 is 0. The van der Waals surface area contributed by atoms with Crippen molar-refractivity contribution in [3.63, 3.8) is 0 Å². The molecule has 1 heterocycles. The molecular formula is C15H21N3O. The van der Waals surface area contributed by atoms with Crippen molar-refractivity contribution in [2.75, 3.05) is 22.5 Å². The number of benzene rings is 1. The predicted molar refractivity (Wildman–Crippen MR) is 78.5 cm³/mol. The molecule has 3 rings (SSSR count). The molecular weight excluding hydrogens is 238 g/mol. The van der Waals surface area contributed by atoms with E-state index >= 15 is 0 Å². The maximum absolute atomic E-state index is 11.4. The number of carbonyl (C=O) groups excluding carboxylic acids is 1. The normalized spacial score (nSPS) is 17.2. The monoisotopic (exact) mass is 259 g/mol. The first-order valence-corrected chi connectivity index (χ1v) is 7.18. The third kappa shape index (κ3) is 2.39. The van der Waals surface area contributed by atoms with Gasteiger partial charge < -0.3 is 16.0 Å². The van der Waals surface area contributed by atoms with Gasteiger partial charge in [-0.2, -0.15) is 0 Å². The van der Waals surface area contributed by atoms with Crippen LogP contribution in [0.25, 0.3) is 0 Å². The molecule has 0 aromatic heterocycles. The molecule has 0 bridgehead atoms. The van der Waals surface area contributed by atoms with Crippen LogP contribution in [0.5, 0.6) is 0 Å². The largest absolute Gasteiger partial charge is 0.397 e. The Hall–Kier alpha value is -1.71. The van der Waals surface area contributed by atoms with E-state index in [-0.39, 0.29) is 5.91 Å². The zero-order valence-corrected chi connectivity index (χ0v) is 11.4. The third-order valence-corrected chi connectivity index (χ3v) is 3.93. The van der Waals surface area contributed by atoms with Crippen LogP contribution in [-0.4, -0.2) is 18.5 Å². The number of anilines is 3. The minimum Gasteiger partial charge on any atom is -0.397 e. The predicted octanol–water partition coefficient (Wildman–Crippen LogP) is 2.53. The number of fused-ring (bicyclic) bond motifs is 1.